The lowest BCUT2D eigenvalue weighted by Gasteiger charge is -2.41. The van der Waals surface area contributed by atoms with E-state index in [0.29, 0.717) is 12.5 Å². The van der Waals surface area contributed by atoms with Gasteiger partial charge in [0.25, 0.3) is 0 Å². The van der Waals surface area contributed by atoms with Crippen LogP contribution in [0.3, 0.4) is 0 Å². The highest BCUT2D eigenvalue weighted by Gasteiger charge is 2.35. The van der Waals surface area contributed by atoms with Crippen molar-refractivity contribution in [3.63, 3.8) is 0 Å². The largest absolute Gasteiger partial charge is 0.381 e. The van der Waals surface area contributed by atoms with Crippen LogP contribution in [0.2, 0.25) is 0 Å². The number of likely N-dealkylation sites (N-methyl/N-ethyl adjacent to an activating group) is 1. The Morgan fingerprint density at radius 3 is 2.82 bits per heavy atom. The van der Waals surface area contributed by atoms with Gasteiger partial charge in [-0.25, -0.2) is 0 Å². The van der Waals surface area contributed by atoms with E-state index in [2.05, 4.69) is 12.2 Å². The quantitative estimate of drug-likeness (QED) is 0.593. The zero-order chi connectivity index (χ0) is 8.32. The SMILES string of the molecule is CNC1(CN)CCOCC1C. The van der Waals surface area contributed by atoms with Gasteiger partial charge in [0.2, 0.25) is 0 Å². The van der Waals surface area contributed by atoms with Crippen LogP contribution in [0.5, 0.6) is 0 Å². The van der Waals surface area contributed by atoms with E-state index in [1.165, 1.54) is 0 Å². The fourth-order valence-corrected chi connectivity index (χ4v) is 1.70. The lowest BCUT2D eigenvalue weighted by molar-refractivity contribution is 0.0000679. The first-order valence-electron chi connectivity index (χ1n) is 4.22. The Morgan fingerprint density at radius 1 is 1.73 bits per heavy atom. The Kier molecular flexibility index (Phi) is 2.87. The molecule has 0 aliphatic carbocycles. The Balaban J connectivity index is 2.61. The van der Waals surface area contributed by atoms with Crippen LogP contribution in [0, 0.1) is 5.92 Å². The molecule has 66 valence electrons. The van der Waals surface area contributed by atoms with Crippen LogP contribution in [0.4, 0.5) is 0 Å². The number of nitrogens with two attached hydrogens (primary N) is 1. The van der Waals surface area contributed by atoms with Crippen LogP contribution in [0.15, 0.2) is 0 Å². The predicted octanol–water partition coefficient (Wildman–Crippen LogP) is -0.0403. The summed E-state index contributed by atoms with van der Waals surface area (Å²) < 4.78 is 5.35. The molecule has 0 saturated carbocycles. The molecule has 2 atom stereocenters. The second kappa shape index (κ2) is 3.52. The minimum absolute atomic E-state index is 0.123. The minimum Gasteiger partial charge on any atom is -0.381 e. The number of rotatable bonds is 2. The van der Waals surface area contributed by atoms with Crippen molar-refractivity contribution >= 4 is 0 Å². The normalized spacial score (nSPS) is 39.0. The molecule has 3 heteroatoms. The summed E-state index contributed by atoms with van der Waals surface area (Å²) in [6.07, 6.45) is 1.03. The molecule has 0 bridgehead atoms. The zero-order valence-electron chi connectivity index (χ0n) is 7.39. The van der Waals surface area contributed by atoms with E-state index in [-0.39, 0.29) is 5.54 Å². The Morgan fingerprint density at radius 2 is 2.45 bits per heavy atom. The maximum Gasteiger partial charge on any atom is 0.0509 e. The predicted molar refractivity (Wildman–Crippen MR) is 45.4 cm³/mol. The molecule has 0 aromatic carbocycles. The van der Waals surface area contributed by atoms with Gasteiger partial charge in [0.1, 0.15) is 0 Å². The van der Waals surface area contributed by atoms with E-state index in [9.17, 15) is 0 Å². The second-order valence-corrected chi connectivity index (χ2v) is 3.34. The molecule has 0 aromatic heterocycles. The second-order valence-electron chi connectivity index (χ2n) is 3.34. The van der Waals surface area contributed by atoms with E-state index in [0.717, 1.165) is 19.6 Å². The van der Waals surface area contributed by atoms with E-state index < -0.39 is 0 Å². The molecule has 1 heterocycles. The van der Waals surface area contributed by atoms with Gasteiger partial charge >= 0.3 is 0 Å². The third-order valence-electron chi connectivity index (χ3n) is 2.87. The monoisotopic (exact) mass is 158 g/mol. The van der Waals surface area contributed by atoms with Crippen molar-refractivity contribution in [1.82, 2.24) is 5.32 Å². The Labute approximate surface area is 68.3 Å². The van der Waals surface area contributed by atoms with Gasteiger partial charge in [-0.2, -0.15) is 0 Å². The fourth-order valence-electron chi connectivity index (χ4n) is 1.70. The third-order valence-corrected chi connectivity index (χ3v) is 2.87. The highest BCUT2D eigenvalue weighted by Crippen LogP contribution is 2.24. The summed E-state index contributed by atoms with van der Waals surface area (Å²) in [5.74, 6) is 0.520. The molecule has 1 fully saturated rings. The summed E-state index contributed by atoms with van der Waals surface area (Å²) in [5.41, 5.74) is 5.84. The van der Waals surface area contributed by atoms with Gasteiger partial charge in [0, 0.05) is 18.7 Å². The molecule has 0 amide bonds. The first kappa shape index (κ1) is 8.97. The maximum atomic E-state index is 5.72. The molecule has 0 aromatic rings. The minimum atomic E-state index is 0.123. The summed E-state index contributed by atoms with van der Waals surface area (Å²) in [7, 11) is 1.98. The standard InChI is InChI=1S/C8H18N2O/c1-7-5-11-4-3-8(7,6-9)10-2/h7,10H,3-6,9H2,1-2H3. The van der Waals surface area contributed by atoms with Crippen molar-refractivity contribution in [2.75, 3.05) is 26.8 Å². The summed E-state index contributed by atoms with van der Waals surface area (Å²) in [6.45, 7) is 4.55. The van der Waals surface area contributed by atoms with Crippen LogP contribution in [-0.2, 0) is 4.74 Å². The molecule has 1 aliphatic rings. The van der Waals surface area contributed by atoms with Gasteiger partial charge in [-0.15, -0.1) is 0 Å². The van der Waals surface area contributed by atoms with Crippen LogP contribution in [-0.4, -0.2) is 32.3 Å². The molecule has 1 aliphatic heterocycles. The highest BCUT2D eigenvalue weighted by atomic mass is 16.5. The summed E-state index contributed by atoms with van der Waals surface area (Å²) in [6, 6.07) is 0. The molecule has 3 nitrogen and oxygen atoms in total. The molecule has 1 saturated heterocycles. The van der Waals surface area contributed by atoms with Crippen LogP contribution >= 0.6 is 0 Å². The van der Waals surface area contributed by atoms with Gasteiger partial charge in [-0.3, -0.25) is 0 Å². The number of hydrogen-bond acceptors (Lipinski definition) is 3. The zero-order valence-corrected chi connectivity index (χ0v) is 7.39. The highest BCUT2D eigenvalue weighted by molar-refractivity contribution is 4.94. The molecule has 1 rings (SSSR count). The average Bonchev–Trinajstić information content (AvgIpc) is 2.06. The van der Waals surface area contributed by atoms with Crippen molar-refractivity contribution in [1.29, 1.82) is 0 Å². The lowest BCUT2D eigenvalue weighted by Crippen LogP contribution is -2.58. The molecule has 11 heavy (non-hydrogen) atoms. The number of ether oxygens (including phenoxy) is 1. The number of nitrogens with one attached hydrogen (secondary N) is 1. The molecular weight excluding hydrogens is 140 g/mol. The molecular formula is C8H18N2O. The van der Waals surface area contributed by atoms with Crippen molar-refractivity contribution in [2.45, 2.75) is 18.9 Å². The molecule has 0 radical (unpaired) electrons. The molecule has 2 unspecified atom stereocenters. The van der Waals surface area contributed by atoms with Crippen molar-refractivity contribution < 1.29 is 4.74 Å². The van der Waals surface area contributed by atoms with E-state index in [1.54, 1.807) is 0 Å². The van der Waals surface area contributed by atoms with Crippen molar-refractivity contribution in [2.24, 2.45) is 11.7 Å². The van der Waals surface area contributed by atoms with Gasteiger partial charge in [0.05, 0.1) is 6.61 Å². The van der Waals surface area contributed by atoms with Crippen molar-refractivity contribution in [3.05, 3.63) is 0 Å². The van der Waals surface area contributed by atoms with Crippen LogP contribution < -0.4 is 11.1 Å². The van der Waals surface area contributed by atoms with Crippen molar-refractivity contribution in [3.8, 4) is 0 Å². The van der Waals surface area contributed by atoms with Gasteiger partial charge in [-0.05, 0) is 19.4 Å². The van der Waals surface area contributed by atoms with E-state index in [1.807, 2.05) is 7.05 Å². The Bertz CT molecular complexity index is 123. The van der Waals surface area contributed by atoms with Gasteiger partial charge < -0.3 is 15.8 Å². The smallest absolute Gasteiger partial charge is 0.0509 e. The summed E-state index contributed by atoms with van der Waals surface area (Å²) in [5, 5.41) is 3.31. The van der Waals surface area contributed by atoms with Gasteiger partial charge in [-0.1, -0.05) is 6.92 Å². The fraction of sp³-hybridized carbons (Fsp3) is 1.00. The average molecular weight is 158 g/mol. The van der Waals surface area contributed by atoms with Crippen LogP contribution in [0.1, 0.15) is 13.3 Å². The first-order chi connectivity index (χ1) is 5.25. The van der Waals surface area contributed by atoms with E-state index >= 15 is 0 Å². The summed E-state index contributed by atoms with van der Waals surface area (Å²) in [4.78, 5) is 0. The lowest BCUT2D eigenvalue weighted by atomic mass is 9.81. The third kappa shape index (κ3) is 1.55. The Hall–Kier alpha value is -0.120. The van der Waals surface area contributed by atoms with E-state index in [4.69, 9.17) is 10.5 Å². The molecule has 3 N–H and O–H groups in total. The number of hydrogen-bond donors (Lipinski definition) is 2. The topological polar surface area (TPSA) is 47.3 Å². The molecule has 0 spiro atoms. The maximum absolute atomic E-state index is 5.72. The summed E-state index contributed by atoms with van der Waals surface area (Å²) >= 11 is 0. The first-order valence-corrected chi connectivity index (χ1v) is 4.22. The van der Waals surface area contributed by atoms with Crippen LogP contribution in [0.25, 0.3) is 0 Å². The van der Waals surface area contributed by atoms with Gasteiger partial charge in [0.15, 0.2) is 0 Å².